The van der Waals surface area contributed by atoms with E-state index in [-0.39, 0.29) is 16.4 Å². The van der Waals surface area contributed by atoms with Crippen molar-refractivity contribution in [2.75, 3.05) is 25.5 Å². The highest BCUT2D eigenvalue weighted by Crippen LogP contribution is 2.27. The second-order valence-electron chi connectivity index (χ2n) is 7.65. The molecule has 2 rings (SSSR count). The number of nitrogens with one attached hydrogen (secondary N) is 2. The molecule has 0 aliphatic carbocycles. The summed E-state index contributed by atoms with van der Waals surface area (Å²) in [5.41, 5.74) is 0.604. The summed E-state index contributed by atoms with van der Waals surface area (Å²) in [6, 6.07) is 9.75. The SMILES string of the molecule is CCN(CC)S(=O)(=O)c1cccc(C(=O)N[C@@H](C(=O)Nc2ccc(OC)c(Cl)c2)C(C)C)c1. The average molecular weight is 496 g/mol. The number of halogens is 1. The summed E-state index contributed by atoms with van der Waals surface area (Å²) < 4.78 is 32.0. The number of carbonyl (C=O) groups excluding carboxylic acids is 2. The Morgan fingerprint density at radius 1 is 1.09 bits per heavy atom. The van der Waals surface area contributed by atoms with Crippen LogP contribution in [0, 0.1) is 5.92 Å². The zero-order chi connectivity index (χ0) is 24.8. The van der Waals surface area contributed by atoms with Gasteiger partial charge in [0.2, 0.25) is 15.9 Å². The molecule has 2 aromatic carbocycles. The molecule has 0 aromatic heterocycles. The summed E-state index contributed by atoms with van der Waals surface area (Å²) in [5.74, 6) is -0.729. The maximum absolute atomic E-state index is 12.9. The average Bonchev–Trinajstić information content (AvgIpc) is 2.77. The van der Waals surface area contributed by atoms with Crippen LogP contribution in [0.5, 0.6) is 5.75 Å². The Hall–Kier alpha value is -2.62. The number of rotatable bonds is 10. The van der Waals surface area contributed by atoms with E-state index in [0.29, 0.717) is 29.5 Å². The number of amides is 2. The van der Waals surface area contributed by atoms with Gasteiger partial charge in [0.05, 0.1) is 17.0 Å². The zero-order valence-electron chi connectivity index (χ0n) is 19.4. The minimum absolute atomic E-state index is 0.0253. The number of ether oxygens (including phenoxy) is 1. The number of hydrogen-bond acceptors (Lipinski definition) is 5. The van der Waals surface area contributed by atoms with E-state index in [1.807, 2.05) is 0 Å². The molecule has 0 heterocycles. The summed E-state index contributed by atoms with van der Waals surface area (Å²) >= 11 is 6.12. The molecule has 1 atom stereocenters. The highest BCUT2D eigenvalue weighted by molar-refractivity contribution is 7.89. The Balaban J connectivity index is 2.22. The summed E-state index contributed by atoms with van der Waals surface area (Å²) in [7, 11) is -2.23. The number of anilines is 1. The molecule has 0 spiro atoms. The largest absolute Gasteiger partial charge is 0.495 e. The molecule has 0 unspecified atom stereocenters. The van der Waals surface area contributed by atoms with Gasteiger partial charge in [0.15, 0.2) is 0 Å². The van der Waals surface area contributed by atoms with Crippen LogP contribution < -0.4 is 15.4 Å². The van der Waals surface area contributed by atoms with Crippen molar-refractivity contribution in [1.29, 1.82) is 0 Å². The van der Waals surface area contributed by atoms with Gasteiger partial charge in [-0.1, -0.05) is 45.4 Å². The van der Waals surface area contributed by atoms with Crippen LogP contribution in [0.2, 0.25) is 5.02 Å². The van der Waals surface area contributed by atoms with Crippen molar-refractivity contribution in [2.45, 2.75) is 38.6 Å². The second-order valence-corrected chi connectivity index (χ2v) is 10.00. The Morgan fingerprint density at radius 3 is 2.30 bits per heavy atom. The molecule has 2 aromatic rings. The standard InChI is InChI=1S/C23H30ClN3O5S/c1-6-27(7-2)33(30,31)18-10-8-9-16(13-18)22(28)26-21(15(3)4)23(29)25-17-11-12-20(32-5)19(24)14-17/h8-15,21H,6-7H2,1-5H3,(H,25,29)(H,26,28)/t21-/m1/s1. The van der Waals surface area contributed by atoms with Crippen molar-refractivity contribution in [3.05, 3.63) is 53.1 Å². The van der Waals surface area contributed by atoms with Gasteiger partial charge in [0.25, 0.3) is 5.91 Å². The normalized spacial score (nSPS) is 12.5. The fourth-order valence-corrected chi connectivity index (χ4v) is 5.00. The van der Waals surface area contributed by atoms with Crippen molar-refractivity contribution >= 4 is 39.1 Å². The number of hydrogen-bond donors (Lipinski definition) is 2. The van der Waals surface area contributed by atoms with E-state index in [1.165, 1.54) is 35.7 Å². The summed E-state index contributed by atoms with van der Waals surface area (Å²) in [4.78, 5) is 25.8. The second kappa shape index (κ2) is 11.5. The van der Waals surface area contributed by atoms with E-state index >= 15 is 0 Å². The number of sulfonamides is 1. The summed E-state index contributed by atoms with van der Waals surface area (Å²) in [6.07, 6.45) is 0. The minimum Gasteiger partial charge on any atom is -0.495 e. The van der Waals surface area contributed by atoms with Crippen molar-refractivity contribution < 1.29 is 22.7 Å². The Morgan fingerprint density at radius 2 is 1.76 bits per heavy atom. The van der Waals surface area contributed by atoms with Gasteiger partial charge in [0, 0.05) is 24.3 Å². The molecular formula is C23H30ClN3O5S. The fraction of sp³-hybridized carbons (Fsp3) is 0.391. The van der Waals surface area contributed by atoms with E-state index in [9.17, 15) is 18.0 Å². The topological polar surface area (TPSA) is 105 Å². The molecule has 0 aliphatic rings. The third kappa shape index (κ3) is 6.46. The van der Waals surface area contributed by atoms with E-state index in [2.05, 4.69) is 10.6 Å². The van der Waals surface area contributed by atoms with E-state index in [1.54, 1.807) is 45.9 Å². The molecule has 0 fully saturated rings. The first-order valence-corrected chi connectivity index (χ1v) is 12.4. The van der Waals surface area contributed by atoms with Gasteiger partial charge in [-0.25, -0.2) is 8.42 Å². The van der Waals surface area contributed by atoms with Gasteiger partial charge < -0.3 is 15.4 Å². The van der Waals surface area contributed by atoms with E-state index in [0.717, 1.165) is 0 Å². The predicted octanol–water partition coefficient (Wildman–Crippen LogP) is 3.77. The Kier molecular flexibility index (Phi) is 9.27. The van der Waals surface area contributed by atoms with Crippen LogP contribution in [0.4, 0.5) is 5.69 Å². The number of carbonyl (C=O) groups is 2. The Bertz CT molecular complexity index is 1100. The molecule has 0 radical (unpaired) electrons. The van der Waals surface area contributed by atoms with Gasteiger partial charge in [-0.3, -0.25) is 9.59 Å². The van der Waals surface area contributed by atoms with E-state index in [4.69, 9.17) is 16.3 Å². The predicted molar refractivity (Wildman–Crippen MR) is 129 cm³/mol. The van der Waals surface area contributed by atoms with Crippen molar-refractivity contribution in [3.8, 4) is 5.75 Å². The van der Waals surface area contributed by atoms with Crippen LogP contribution in [-0.4, -0.2) is 50.8 Å². The first-order chi connectivity index (χ1) is 15.5. The summed E-state index contributed by atoms with van der Waals surface area (Å²) in [6.45, 7) is 7.74. The van der Waals surface area contributed by atoms with Crippen LogP contribution in [0.25, 0.3) is 0 Å². The van der Waals surface area contributed by atoms with Crippen molar-refractivity contribution in [1.82, 2.24) is 9.62 Å². The molecule has 8 nitrogen and oxygen atoms in total. The van der Waals surface area contributed by atoms with Crippen LogP contribution in [0.15, 0.2) is 47.4 Å². The molecule has 2 amide bonds. The van der Waals surface area contributed by atoms with Crippen LogP contribution in [0.1, 0.15) is 38.1 Å². The van der Waals surface area contributed by atoms with Crippen molar-refractivity contribution in [3.63, 3.8) is 0 Å². The first-order valence-electron chi connectivity index (χ1n) is 10.6. The molecule has 0 bridgehead atoms. The van der Waals surface area contributed by atoms with E-state index < -0.39 is 27.9 Å². The molecule has 0 aliphatic heterocycles. The fourth-order valence-electron chi connectivity index (χ4n) is 3.23. The van der Waals surface area contributed by atoms with Gasteiger partial charge >= 0.3 is 0 Å². The Labute approximate surface area is 200 Å². The smallest absolute Gasteiger partial charge is 0.251 e. The molecule has 33 heavy (non-hydrogen) atoms. The molecule has 0 saturated heterocycles. The number of benzene rings is 2. The van der Waals surface area contributed by atoms with Crippen LogP contribution in [0.3, 0.4) is 0 Å². The highest BCUT2D eigenvalue weighted by atomic mass is 35.5. The van der Waals surface area contributed by atoms with Crippen molar-refractivity contribution in [2.24, 2.45) is 5.92 Å². The number of nitrogens with zero attached hydrogens (tertiary/aromatic N) is 1. The molecule has 0 saturated carbocycles. The molecule has 2 N–H and O–H groups in total. The molecule has 10 heteroatoms. The van der Waals surface area contributed by atoms with Crippen LogP contribution in [-0.2, 0) is 14.8 Å². The summed E-state index contributed by atoms with van der Waals surface area (Å²) in [5, 5.41) is 5.79. The lowest BCUT2D eigenvalue weighted by molar-refractivity contribution is -0.118. The minimum atomic E-state index is -3.72. The van der Waals surface area contributed by atoms with Gasteiger partial charge in [0.1, 0.15) is 11.8 Å². The lowest BCUT2D eigenvalue weighted by Crippen LogP contribution is -2.47. The lowest BCUT2D eigenvalue weighted by atomic mass is 10.0. The third-order valence-electron chi connectivity index (χ3n) is 5.09. The maximum Gasteiger partial charge on any atom is 0.251 e. The molecular weight excluding hydrogens is 466 g/mol. The third-order valence-corrected chi connectivity index (χ3v) is 7.44. The monoisotopic (exact) mass is 495 g/mol. The maximum atomic E-state index is 12.9. The molecule has 180 valence electrons. The zero-order valence-corrected chi connectivity index (χ0v) is 21.0. The quantitative estimate of drug-likeness (QED) is 0.522. The number of methoxy groups -OCH3 is 1. The first kappa shape index (κ1) is 26.6. The van der Waals surface area contributed by atoms with Crippen LogP contribution >= 0.6 is 11.6 Å². The van der Waals surface area contributed by atoms with Gasteiger partial charge in [-0.2, -0.15) is 4.31 Å². The lowest BCUT2D eigenvalue weighted by Gasteiger charge is -2.22. The van der Waals surface area contributed by atoms with Gasteiger partial charge in [-0.05, 0) is 42.3 Å². The van der Waals surface area contributed by atoms with Gasteiger partial charge in [-0.15, -0.1) is 0 Å². The highest BCUT2D eigenvalue weighted by Gasteiger charge is 2.27.